The maximum Gasteiger partial charge on any atom is 0.234 e. The van der Waals surface area contributed by atoms with Crippen LogP contribution in [0, 0.1) is 0 Å². The van der Waals surface area contributed by atoms with E-state index in [0.29, 0.717) is 13.0 Å². The highest BCUT2D eigenvalue weighted by Crippen LogP contribution is 2.13. The van der Waals surface area contributed by atoms with Gasteiger partial charge in [-0.2, -0.15) is 5.11 Å². The summed E-state index contributed by atoms with van der Waals surface area (Å²) in [6.07, 6.45) is 15.8. The molecule has 0 aromatic carbocycles. The third-order valence-electron chi connectivity index (χ3n) is 5.33. The molecule has 1 heterocycles. The molecule has 1 N–H and O–H groups in total. The number of Topliss-reactive ketones (excluding diaryl/α,β-unsaturated/α-hetero) is 1. The van der Waals surface area contributed by atoms with Crippen LogP contribution in [-0.2, 0) is 19.6 Å². The van der Waals surface area contributed by atoms with Gasteiger partial charge in [0, 0.05) is 12.8 Å². The van der Waals surface area contributed by atoms with E-state index in [2.05, 4.69) is 20.2 Å². The van der Waals surface area contributed by atoms with Crippen molar-refractivity contribution in [3.8, 4) is 0 Å². The van der Waals surface area contributed by atoms with Crippen molar-refractivity contribution >= 4 is 27.4 Å². The largest absolute Gasteiger partial charge is 0.300 e. The van der Waals surface area contributed by atoms with Crippen molar-refractivity contribution in [1.29, 1.82) is 0 Å². The van der Waals surface area contributed by atoms with Gasteiger partial charge in [0.15, 0.2) is 0 Å². The molecule has 178 valence electrons. The van der Waals surface area contributed by atoms with Crippen LogP contribution in [0.5, 0.6) is 0 Å². The second kappa shape index (κ2) is 17.0. The standard InChI is InChI=1S/C22H40N4O4S/c1-20(27)15-14-18-31(29,30)25-22(28)17-13-11-9-7-5-3-2-4-6-8-10-12-16-21-19-23-26-24-21/h2-19H2,1H3,(H,25,28). The van der Waals surface area contributed by atoms with E-state index < -0.39 is 15.9 Å². The molecule has 0 aromatic heterocycles. The Morgan fingerprint density at radius 3 is 1.87 bits per heavy atom. The van der Waals surface area contributed by atoms with Crippen LogP contribution in [0.3, 0.4) is 0 Å². The summed E-state index contributed by atoms with van der Waals surface area (Å²) in [5, 5.41) is 11.5. The lowest BCUT2D eigenvalue weighted by Crippen LogP contribution is -2.32. The lowest BCUT2D eigenvalue weighted by atomic mass is 10.0. The number of carbonyl (C=O) groups is 2. The molecule has 0 aliphatic carbocycles. The highest BCUT2D eigenvalue weighted by molar-refractivity contribution is 7.90. The molecule has 0 atom stereocenters. The number of sulfonamides is 1. The number of amides is 1. The summed E-state index contributed by atoms with van der Waals surface area (Å²) in [5.41, 5.74) is 1.12. The predicted molar refractivity (Wildman–Crippen MR) is 124 cm³/mol. The average Bonchev–Trinajstić information content (AvgIpc) is 3.20. The first-order valence-electron chi connectivity index (χ1n) is 11.8. The van der Waals surface area contributed by atoms with E-state index in [0.717, 1.165) is 25.0 Å². The zero-order chi connectivity index (χ0) is 22.8. The van der Waals surface area contributed by atoms with Gasteiger partial charge in [0.25, 0.3) is 0 Å². The summed E-state index contributed by atoms with van der Waals surface area (Å²) in [5.74, 6) is -0.665. The highest BCUT2D eigenvalue weighted by atomic mass is 32.2. The second-order valence-electron chi connectivity index (χ2n) is 8.45. The molecule has 0 fully saturated rings. The van der Waals surface area contributed by atoms with Crippen LogP contribution in [-0.4, -0.2) is 38.1 Å². The van der Waals surface area contributed by atoms with Crippen LogP contribution < -0.4 is 4.72 Å². The van der Waals surface area contributed by atoms with E-state index in [4.69, 9.17) is 0 Å². The highest BCUT2D eigenvalue weighted by Gasteiger charge is 2.14. The molecule has 1 aliphatic rings. The minimum atomic E-state index is -3.61. The molecule has 1 aliphatic heterocycles. The van der Waals surface area contributed by atoms with Gasteiger partial charge in [-0.15, -0.1) is 5.10 Å². The maximum absolute atomic E-state index is 11.8. The van der Waals surface area contributed by atoms with Crippen molar-refractivity contribution in [3.63, 3.8) is 0 Å². The number of nitrogens with zero attached hydrogens (tertiary/aromatic N) is 3. The Labute approximate surface area is 187 Å². The molecule has 31 heavy (non-hydrogen) atoms. The van der Waals surface area contributed by atoms with Gasteiger partial charge in [0.2, 0.25) is 15.9 Å². The van der Waals surface area contributed by atoms with Gasteiger partial charge in [-0.3, -0.25) is 9.52 Å². The van der Waals surface area contributed by atoms with Gasteiger partial charge >= 0.3 is 0 Å². The molecule has 0 bridgehead atoms. The maximum atomic E-state index is 11.8. The molecule has 9 heteroatoms. The number of carbonyl (C=O) groups excluding carboxylic acids is 2. The van der Waals surface area contributed by atoms with Gasteiger partial charge < -0.3 is 4.79 Å². The van der Waals surface area contributed by atoms with Crippen LogP contribution >= 0.6 is 0 Å². The molecule has 8 nitrogen and oxygen atoms in total. The smallest absolute Gasteiger partial charge is 0.234 e. The monoisotopic (exact) mass is 456 g/mol. The first-order chi connectivity index (χ1) is 14.9. The summed E-state index contributed by atoms with van der Waals surface area (Å²) in [7, 11) is -3.61. The van der Waals surface area contributed by atoms with Gasteiger partial charge in [-0.1, -0.05) is 64.2 Å². The molecule has 0 saturated carbocycles. The third kappa shape index (κ3) is 16.7. The number of rotatable bonds is 20. The summed E-state index contributed by atoms with van der Waals surface area (Å²) < 4.78 is 25.6. The fraction of sp³-hybridized carbons (Fsp3) is 0.864. The number of nitrogens with one attached hydrogen (secondary N) is 1. The summed E-state index contributed by atoms with van der Waals surface area (Å²) in [6.45, 7) is 2.12. The van der Waals surface area contributed by atoms with Crippen molar-refractivity contribution < 1.29 is 18.0 Å². The Bertz CT molecular complexity index is 690. The van der Waals surface area contributed by atoms with E-state index >= 15 is 0 Å². The number of unbranched alkanes of at least 4 members (excludes halogenated alkanes) is 11. The van der Waals surface area contributed by atoms with Crippen LogP contribution in [0.2, 0.25) is 0 Å². The first-order valence-corrected chi connectivity index (χ1v) is 13.5. The van der Waals surface area contributed by atoms with Crippen molar-refractivity contribution in [2.24, 2.45) is 15.4 Å². The van der Waals surface area contributed by atoms with Crippen LogP contribution in [0.1, 0.15) is 110 Å². The minimum absolute atomic E-state index is 0.0446. The lowest BCUT2D eigenvalue weighted by molar-refractivity contribution is -0.119. The van der Waals surface area contributed by atoms with E-state index in [-0.39, 0.29) is 30.8 Å². The van der Waals surface area contributed by atoms with Crippen LogP contribution in [0.25, 0.3) is 0 Å². The van der Waals surface area contributed by atoms with Gasteiger partial charge in [-0.05, 0) is 37.8 Å². The van der Waals surface area contributed by atoms with Crippen LogP contribution in [0.15, 0.2) is 15.4 Å². The van der Waals surface area contributed by atoms with E-state index in [1.54, 1.807) is 0 Å². The van der Waals surface area contributed by atoms with E-state index in [1.165, 1.54) is 64.7 Å². The normalized spacial score (nSPS) is 13.4. The zero-order valence-corrected chi connectivity index (χ0v) is 19.9. The van der Waals surface area contributed by atoms with Crippen molar-refractivity contribution in [2.45, 2.75) is 110 Å². The Morgan fingerprint density at radius 2 is 1.35 bits per heavy atom. The Balaban J connectivity index is 1.83. The molecule has 1 rings (SSSR count). The molecule has 0 aromatic rings. The summed E-state index contributed by atoms with van der Waals surface area (Å²) >= 11 is 0. The van der Waals surface area contributed by atoms with E-state index in [1.807, 2.05) is 0 Å². The van der Waals surface area contributed by atoms with Gasteiger partial charge in [-0.25, -0.2) is 8.42 Å². The topological polar surface area (TPSA) is 117 Å². The number of ketones is 1. The molecule has 1 amide bonds. The second-order valence-corrected chi connectivity index (χ2v) is 10.3. The quantitative estimate of drug-likeness (QED) is 0.257. The molecular weight excluding hydrogens is 416 g/mol. The Hall–Kier alpha value is -1.64. The Morgan fingerprint density at radius 1 is 0.806 bits per heavy atom. The Kier molecular flexibility index (Phi) is 15.0. The third-order valence-corrected chi connectivity index (χ3v) is 6.70. The average molecular weight is 457 g/mol. The molecular formula is C22H40N4O4S. The number of hydrogen-bond acceptors (Lipinski definition) is 7. The zero-order valence-electron chi connectivity index (χ0n) is 19.1. The number of hydrogen-bond donors (Lipinski definition) is 1. The van der Waals surface area contributed by atoms with Gasteiger partial charge in [0.05, 0.1) is 11.5 Å². The molecule has 0 saturated heterocycles. The van der Waals surface area contributed by atoms with Gasteiger partial charge in [0.1, 0.15) is 12.3 Å². The van der Waals surface area contributed by atoms with Crippen molar-refractivity contribution in [3.05, 3.63) is 0 Å². The summed E-state index contributed by atoms with van der Waals surface area (Å²) in [4.78, 5) is 22.6. The molecule has 0 radical (unpaired) electrons. The fourth-order valence-electron chi connectivity index (χ4n) is 3.54. The minimum Gasteiger partial charge on any atom is -0.300 e. The van der Waals surface area contributed by atoms with E-state index in [9.17, 15) is 18.0 Å². The van der Waals surface area contributed by atoms with Crippen molar-refractivity contribution in [1.82, 2.24) is 4.72 Å². The van der Waals surface area contributed by atoms with Crippen LogP contribution in [0.4, 0.5) is 0 Å². The fourth-order valence-corrected chi connectivity index (χ4v) is 4.61. The summed E-state index contributed by atoms with van der Waals surface area (Å²) in [6, 6.07) is 0. The molecule has 0 spiro atoms. The lowest BCUT2D eigenvalue weighted by Gasteiger charge is -2.06. The SMILES string of the molecule is CC(=O)CCCS(=O)(=O)NC(=O)CCCCCCCCCCCCCCC1=NN=NC1. The molecule has 0 unspecified atom stereocenters. The first kappa shape index (κ1) is 27.4. The van der Waals surface area contributed by atoms with Crippen molar-refractivity contribution in [2.75, 3.05) is 12.3 Å². The predicted octanol–water partition coefficient (Wildman–Crippen LogP) is 5.08.